The Labute approximate surface area is 104 Å². The number of amides is 1. The molecular weight excluding hydrogens is 238 g/mol. The normalized spacial score (nSPS) is 11.7. The van der Waals surface area contributed by atoms with E-state index in [-0.39, 0.29) is 18.0 Å². The molecule has 0 aromatic carbocycles. The number of nitrogens with zero attached hydrogens (tertiary/aromatic N) is 2. The highest BCUT2D eigenvalue weighted by Gasteiger charge is 2.21. The van der Waals surface area contributed by atoms with Gasteiger partial charge in [0.2, 0.25) is 5.91 Å². The first kappa shape index (κ1) is 13.9. The van der Waals surface area contributed by atoms with Gasteiger partial charge in [0.25, 0.3) is 5.56 Å². The van der Waals surface area contributed by atoms with Gasteiger partial charge in [-0.05, 0) is 13.0 Å². The van der Waals surface area contributed by atoms with Crippen molar-refractivity contribution in [2.75, 3.05) is 7.11 Å². The molecule has 1 rings (SSSR count). The molecule has 1 aromatic heterocycles. The number of hydrogen-bond donors (Lipinski definition) is 1. The lowest BCUT2D eigenvalue weighted by Gasteiger charge is -2.16. The van der Waals surface area contributed by atoms with Gasteiger partial charge in [-0.1, -0.05) is 0 Å². The van der Waals surface area contributed by atoms with E-state index in [0.29, 0.717) is 5.69 Å². The van der Waals surface area contributed by atoms with E-state index in [9.17, 15) is 14.4 Å². The molecule has 1 aromatic rings. The minimum Gasteiger partial charge on any atom is -0.467 e. The van der Waals surface area contributed by atoms with E-state index in [4.69, 9.17) is 0 Å². The van der Waals surface area contributed by atoms with Gasteiger partial charge in [-0.25, -0.2) is 9.48 Å². The predicted molar refractivity (Wildman–Crippen MR) is 62.9 cm³/mol. The summed E-state index contributed by atoms with van der Waals surface area (Å²) in [4.78, 5) is 34.0. The zero-order chi connectivity index (χ0) is 13.7. The lowest BCUT2D eigenvalue weighted by atomic mass is 10.3. The molecule has 0 radical (unpaired) electrons. The number of nitrogens with one attached hydrogen (secondary N) is 1. The fraction of sp³-hybridized carbons (Fsp3) is 0.455. The number of carbonyl (C=O) groups is 2. The van der Waals surface area contributed by atoms with Gasteiger partial charge in [-0.15, -0.1) is 0 Å². The van der Waals surface area contributed by atoms with Crippen LogP contribution in [0.25, 0.3) is 0 Å². The summed E-state index contributed by atoms with van der Waals surface area (Å²) in [6.45, 7) is 2.94. The number of hydrogen-bond acceptors (Lipinski definition) is 5. The lowest BCUT2D eigenvalue weighted by Crippen LogP contribution is -2.45. The average Bonchev–Trinajstić information content (AvgIpc) is 2.31. The third-order valence-electron chi connectivity index (χ3n) is 2.22. The Morgan fingerprint density at radius 1 is 1.50 bits per heavy atom. The zero-order valence-electron chi connectivity index (χ0n) is 10.5. The van der Waals surface area contributed by atoms with Crippen molar-refractivity contribution in [2.24, 2.45) is 0 Å². The van der Waals surface area contributed by atoms with Crippen LogP contribution < -0.4 is 10.9 Å². The van der Waals surface area contributed by atoms with E-state index in [1.807, 2.05) is 0 Å². The maximum atomic E-state index is 11.5. The Kier molecular flexibility index (Phi) is 4.59. The average molecular weight is 253 g/mol. The third kappa shape index (κ3) is 3.69. The van der Waals surface area contributed by atoms with E-state index < -0.39 is 12.0 Å². The molecule has 98 valence electrons. The van der Waals surface area contributed by atoms with E-state index in [1.165, 1.54) is 20.1 Å². The summed E-state index contributed by atoms with van der Waals surface area (Å²) in [6, 6.07) is 1.99. The fourth-order valence-electron chi connectivity index (χ4n) is 1.42. The quantitative estimate of drug-likeness (QED) is 0.711. The largest absolute Gasteiger partial charge is 0.467 e. The highest BCUT2D eigenvalue weighted by molar-refractivity contribution is 5.83. The molecule has 7 heteroatoms. The van der Waals surface area contributed by atoms with Gasteiger partial charge in [-0.3, -0.25) is 9.59 Å². The topological polar surface area (TPSA) is 90.3 Å². The molecule has 1 unspecified atom stereocenters. The van der Waals surface area contributed by atoms with E-state index >= 15 is 0 Å². The van der Waals surface area contributed by atoms with Crippen molar-refractivity contribution in [3.05, 3.63) is 28.2 Å². The van der Waals surface area contributed by atoms with Crippen molar-refractivity contribution < 1.29 is 14.3 Å². The van der Waals surface area contributed by atoms with Crippen molar-refractivity contribution in [3.8, 4) is 0 Å². The molecule has 0 bridgehead atoms. The third-order valence-corrected chi connectivity index (χ3v) is 2.22. The van der Waals surface area contributed by atoms with Crippen LogP contribution in [0.3, 0.4) is 0 Å². The molecule has 1 N–H and O–H groups in total. The van der Waals surface area contributed by atoms with E-state index in [2.05, 4.69) is 15.2 Å². The minimum atomic E-state index is -0.931. The molecule has 0 saturated heterocycles. The molecule has 1 atom stereocenters. The van der Waals surface area contributed by atoms with Gasteiger partial charge in [0.05, 0.1) is 19.3 Å². The van der Waals surface area contributed by atoms with E-state index in [1.54, 1.807) is 13.0 Å². The molecular formula is C11H15N3O4. The van der Waals surface area contributed by atoms with Gasteiger partial charge < -0.3 is 10.1 Å². The van der Waals surface area contributed by atoms with Crippen molar-refractivity contribution in [1.29, 1.82) is 0 Å². The Balaban J connectivity index is 2.95. The smallest absolute Gasteiger partial charge is 0.330 e. The number of methoxy groups -OCH3 is 1. The molecule has 1 amide bonds. The Morgan fingerprint density at radius 2 is 2.17 bits per heavy atom. The monoisotopic (exact) mass is 253 g/mol. The van der Waals surface area contributed by atoms with Crippen LogP contribution in [0.1, 0.15) is 12.6 Å². The highest BCUT2D eigenvalue weighted by Crippen LogP contribution is 1.93. The van der Waals surface area contributed by atoms with Gasteiger partial charge in [0.1, 0.15) is 6.04 Å². The Morgan fingerprint density at radius 3 is 2.72 bits per heavy atom. The van der Waals surface area contributed by atoms with Crippen LogP contribution in [0.4, 0.5) is 0 Å². The number of ether oxygens (including phenoxy) is 1. The number of aromatic nitrogens is 2. The summed E-state index contributed by atoms with van der Waals surface area (Å²) in [5, 5.41) is 6.39. The number of esters is 1. The minimum absolute atomic E-state index is 0.0627. The summed E-state index contributed by atoms with van der Waals surface area (Å²) in [6.07, 6.45) is 0. The second-order valence-electron chi connectivity index (χ2n) is 3.77. The summed E-state index contributed by atoms with van der Waals surface area (Å²) in [5.41, 5.74) is 0.292. The van der Waals surface area contributed by atoms with Gasteiger partial charge in [0, 0.05) is 13.0 Å². The maximum absolute atomic E-state index is 11.5. The molecule has 1 heterocycles. The first-order valence-electron chi connectivity index (χ1n) is 5.33. The van der Waals surface area contributed by atoms with Crippen LogP contribution in [-0.4, -0.2) is 34.8 Å². The van der Waals surface area contributed by atoms with Crippen molar-refractivity contribution >= 4 is 11.9 Å². The van der Waals surface area contributed by atoms with E-state index in [0.717, 1.165) is 4.68 Å². The molecule has 0 aliphatic carbocycles. The first-order valence-corrected chi connectivity index (χ1v) is 5.33. The highest BCUT2D eigenvalue weighted by atomic mass is 16.5. The van der Waals surface area contributed by atoms with Crippen molar-refractivity contribution in [2.45, 2.75) is 26.4 Å². The van der Waals surface area contributed by atoms with Crippen LogP contribution in [0.5, 0.6) is 0 Å². The summed E-state index contributed by atoms with van der Waals surface area (Å²) < 4.78 is 5.68. The standard InChI is InChI=1S/C11H15N3O4/c1-7-4-5-10(16)14(13-7)6-9(11(17)18-3)12-8(2)15/h4-5,9H,6H2,1-3H3,(H,12,15). The molecule has 0 aliphatic heterocycles. The van der Waals surface area contributed by atoms with Crippen LogP contribution >= 0.6 is 0 Å². The van der Waals surface area contributed by atoms with Crippen LogP contribution in [0.15, 0.2) is 16.9 Å². The Bertz CT molecular complexity index is 509. The van der Waals surface area contributed by atoms with Crippen LogP contribution in [0, 0.1) is 6.92 Å². The second kappa shape index (κ2) is 5.95. The predicted octanol–water partition coefficient (Wildman–Crippen LogP) is -0.771. The van der Waals surface area contributed by atoms with Crippen molar-refractivity contribution in [1.82, 2.24) is 15.1 Å². The van der Waals surface area contributed by atoms with Gasteiger partial charge >= 0.3 is 5.97 Å². The molecule has 18 heavy (non-hydrogen) atoms. The summed E-state index contributed by atoms with van der Waals surface area (Å²) in [5.74, 6) is -1.01. The summed E-state index contributed by atoms with van der Waals surface area (Å²) in [7, 11) is 1.21. The second-order valence-corrected chi connectivity index (χ2v) is 3.77. The molecule has 0 saturated carbocycles. The SMILES string of the molecule is COC(=O)C(Cn1nc(C)ccc1=O)NC(C)=O. The Hall–Kier alpha value is -2.18. The number of rotatable bonds is 4. The lowest BCUT2D eigenvalue weighted by molar-refractivity contribution is -0.145. The number of carbonyl (C=O) groups excluding carboxylic acids is 2. The number of aryl methyl sites for hydroxylation is 1. The van der Waals surface area contributed by atoms with Crippen molar-refractivity contribution in [3.63, 3.8) is 0 Å². The van der Waals surface area contributed by atoms with Crippen LogP contribution in [-0.2, 0) is 20.9 Å². The maximum Gasteiger partial charge on any atom is 0.330 e. The van der Waals surface area contributed by atoms with Gasteiger partial charge in [-0.2, -0.15) is 5.10 Å². The summed E-state index contributed by atoms with van der Waals surface area (Å²) >= 11 is 0. The molecule has 0 fully saturated rings. The van der Waals surface area contributed by atoms with Crippen LogP contribution in [0.2, 0.25) is 0 Å². The molecule has 0 spiro atoms. The molecule has 0 aliphatic rings. The zero-order valence-corrected chi connectivity index (χ0v) is 10.5. The van der Waals surface area contributed by atoms with Gasteiger partial charge in [0.15, 0.2) is 0 Å². The first-order chi connectivity index (χ1) is 8.43. The fourth-order valence-corrected chi connectivity index (χ4v) is 1.42. The molecule has 7 nitrogen and oxygen atoms in total.